The van der Waals surface area contributed by atoms with Crippen molar-refractivity contribution in [3.63, 3.8) is 0 Å². The zero-order valence-corrected chi connectivity index (χ0v) is 18.3. The minimum Gasteiger partial charge on any atom is -0.465 e. The Morgan fingerprint density at radius 2 is 1.75 bits per heavy atom. The molecule has 0 spiro atoms. The lowest BCUT2D eigenvalue weighted by molar-refractivity contribution is 0.0601. The van der Waals surface area contributed by atoms with Gasteiger partial charge >= 0.3 is 5.97 Å². The van der Waals surface area contributed by atoms with Gasteiger partial charge in [0.2, 0.25) is 0 Å². The van der Waals surface area contributed by atoms with E-state index in [-0.39, 0.29) is 5.97 Å². The van der Waals surface area contributed by atoms with Crippen LogP contribution in [0.3, 0.4) is 0 Å². The molecule has 0 unspecified atom stereocenters. The fourth-order valence-corrected chi connectivity index (χ4v) is 4.87. The Balaban J connectivity index is 1.57. The van der Waals surface area contributed by atoms with Crippen molar-refractivity contribution in [2.24, 2.45) is 5.92 Å². The third-order valence-corrected chi connectivity index (χ3v) is 6.65. The summed E-state index contributed by atoms with van der Waals surface area (Å²) >= 11 is 0. The second-order valence-electron chi connectivity index (χ2n) is 8.68. The molecule has 6 rings (SSSR count). The normalized spacial score (nSPS) is 13.9. The highest BCUT2D eigenvalue weighted by atomic mass is 16.5. The van der Waals surface area contributed by atoms with E-state index in [2.05, 4.69) is 58.5 Å². The first kappa shape index (κ1) is 19.1. The Kier molecular flexibility index (Phi) is 4.32. The average molecular weight is 424 g/mol. The summed E-state index contributed by atoms with van der Waals surface area (Å²) in [6.07, 6.45) is 2.53. The third kappa shape index (κ3) is 2.92. The van der Waals surface area contributed by atoms with Crippen LogP contribution >= 0.6 is 0 Å². The Hall–Kier alpha value is -3.60. The quantitative estimate of drug-likeness (QED) is 0.324. The number of carbonyl (C=O) groups is 1. The van der Waals surface area contributed by atoms with Gasteiger partial charge in [-0.1, -0.05) is 18.2 Å². The van der Waals surface area contributed by atoms with E-state index in [1.165, 1.54) is 41.8 Å². The summed E-state index contributed by atoms with van der Waals surface area (Å²) < 4.78 is 9.60. The van der Waals surface area contributed by atoms with E-state index < -0.39 is 0 Å². The van der Waals surface area contributed by atoms with Gasteiger partial charge in [-0.3, -0.25) is 0 Å². The van der Waals surface area contributed by atoms with Gasteiger partial charge in [-0.15, -0.1) is 0 Å². The van der Waals surface area contributed by atoms with Crippen molar-refractivity contribution >= 4 is 38.8 Å². The van der Waals surface area contributed by atoms with Gasteiger partial charge in [0.25, 0.3) is 0 Å². The van der Waals surface area contributed by atoms with Gasteiger partial charge < -0.3 is 13.9 Å². The fourth-order valence-electron chi connectivity index (χ4n) is 4.87. The minimum atomic E-state index is -0.334. The van der Waals surface area contributed by atoms with E-state index in [4.69, 9.17) is 9.72 Å². The largest absolute Gasteiger partial charge is 0.465 e. The van der Waals surface area contributed by atoms with Gasteiger partial charge in [0.1, 0.15) is 5.82 Å². The molecule has 1 aliphatic carbocycles. The summed E-state index contributed by atoms with van der Waals surface area (Å²) in [5, 5.41) is 2.52. The second-order valence-corrected chi connectivity index (χ2v) is 8.68. The van der Waals surface area contributed by atoms with Crippen LogP contribution in [0.25, 0.3) is 44.2 Å². The van der Waals surface area contributed by atoms with Crippen LogP contribution in [-0.2, 0) is 17.8 Å². The van der Waals surface area contributed by atoms with Crippen molar-refractivity contribution in [1.82, 2.24) is 14.1 Å². The summed E-state index contributed by atoms with van der Waals surface area (Å²) in [6.45, 7) is 4.08. The average Bonchev–Trinajstić information content (AvgIpc) is 3.50. The number of benzene rings is 3. The molecule has 32 heavy (non-hydrogen) atoms. The molecule has 0 aliphatic heterocycles. The van der Waals surface area contributed by atoms with Crippen LogP contribution in [0.1, 0.15) is 30.1 Å². The smallest absolute Gasteiger partial charge is 0.337 e. The van der Waals surface area contributed by atoms with Crippen molar-refractivity contribution < 1.29 is 9.53 Å². The number of hydrogen-bond acceptors (Lipinski definition) is 3. The molecule has 5 nitrogen and oxygen atoms in total. The Bertz CT molecular complexity index is 1500. The highest BCUT2D eigenvalue weighted by Gasteiger charge is 2.25. The molecule has 0 amide bonds. The number of para-hydroxylation sites is 1. The summed E-state index contributed by atoms with van der Waals surface area (Å²) in [6, 6.07) is 20.9. The van der Waals surface area contributed by atoms with Gasteiger partial charge in [0, 0.05) is 40.5 Å². The van der Waals surface area contributed by atoms with Crippen LogP contribution in [0.5, 0.6) is 0 Å². The van der Waals surface area contributed by atoms with E-state index in [0.29, 0.717) is 11.5 Å². The first-order valence-electron chi connectivity index (χ1n) is 11.3. The van der Waals surface area contributed by atoms with Crippen molar-refractivity contribution in [3.8, 4) is 11.4 Å². The fraction of sp³-hybridized carbons (Fsp3) is 0.259. The molecule has 2 aromatic heterocycles. The van der Waals surface area contributed by atoms with Crippen LogP contribution in [-0.4, -0.2) is 27.2 Å². The van der Waals surface area contributed by atoms with Crippen LogP contribution < -0.4 is 0 Å². The Morgan fingerprint density at radius 3 is 2.53 bits per heavy atom. The zero-order chi connectivity index (χ0) is 21.8. The maximum Gasteiger partial charge on any atom is 0.337 e. The van der Waals surface area contributed by atoms with E-state index in [9.17, 15) is 4.79 Å². The van der Waals surface area contributed by atoms with Gasteiger partial charge in [-0.25, -0.2) is 9.78 Å². The van der Waals surface area contributed by atoms with Crippen molar-refractivity contribution in [2.45, 2.75) is 32.9 Å². The maximum atomic E-state index is 12.0. The van der Waals surface area contributed by atoms with Crippen molar-refractivity contribution in [3.05, 3.63) is 66.2 Å². The van der Waals surface area contributed by atoms with E-state index in [0.717, 1.165) is 35.5 Å². The highest BCUT2D eigenvalue weighted by molar-refractivity contribution is 6.09. The van der Waals surface area contributed by atoms with Crippen LogP contribution in [0, 0.1) is 5.92 Å². The van der Waals surface area contributed by atoms with Crippen molar-refractivity contribution in [1.29, 1.82) is 0 Å². The SMILES string of the molecule is CCn1c2ccccc2c2cc(-c3nc4cc(C(=O)OC)ccc4n3CC3CC3)ccc21. The lowest BCUT2D eigenvalue weighted by Crippen LogP contribution is -2.03. The predicted octanol–water partition coefficient (Wildman–Crippen LogP) is 6.03. The molecule has 5 aromatic rings. The van der Waals surface area contributed by atoms with Gasteiger partial charge in [-0.05, 0) is 68.1 Å². The molecule has 0 N–H and O–H groups in total. The summed E-state index contributed by atoms with van der Waals surface area (Å²) in [5.74, 6) is 1.33. The molecule has 0 radical (unpaired) electrons. The monoisotopic (exact) mass is 423 g/mol. The lowest BCUT2D eigenvalue weighted by atomic mass is 10.1. The summed E-state index contributed by atoms with van der Waals surface area (Å²) in [7, 11) is 1.41. The first-order chi connectivity index (χ1) is 15.7. The minimum absolute atomic E-state index is 0.334. The lowest BCUT2D eigenvalue weighted by Gasteiger charge is -2.09. The number of esters is 1. The zero-order valence-electron chi connectivity index (χ0n) is 18.3. The van der Waals surface area contributed by atoms with Crippen LogP contribution in [0.4, 0.5) is 0 Å². The van der Waals surface area contributed by atoms with Gasteiger partial charge in [0.05, 0.1) is 23.7 Å². The number of aryl methyl sites for hydroxylation is 1. The third-order valence-electron chi connectivity index (χ3n) is 6.65. The summed E-state index contributed by atoms with van der Waals surface area (Å²) in [4.78, 5) is 17.1. The molecule has 0 atom stereocenters. The number of aromatic nitrogens is 3. The molecule has 0 bridgehead atoms. The van der Waals surface area contributed by atoms with Crippen LogP contribution in [0.2, 0.25) is 0 Å². The molecule has 2 heterocycles. The molecule has 0 saturated heterocycles. The maximum absolute atomic E-state index is 12.0. The number of imidazole rings is 1. The van der Waals surface area contributed by atoms with Gasteiger partial charge in [-0.2, -0.15) is 0 Å². The number of ether oxygens (including phenoxy) is 1. The number of nitrogens with zero attached hydrogens (tertiary/aromatic N) is 3. The van der Waals surface area contributed by atoms with Crippen molar-refractivity contribution in [2.75, 3.05) is 7.11 Å². The van der Waals surface area contributed by atoms with Crippen LogP contribution in [0.15, 0.2) is 60.7 Å². The number of carbonyl (C=O) groups excluding carboxylic acids is 1. The second kappa shape index (κ2) is 7.23. The number of fused-ring (bicyclic) bond motifs is 4. The first-order valence-corrected chi connectivity index (χ1v) is 11.3. The molecular weight excluding hydrogens is 398 g/mol. The van der Waals surface area contributed by atoms with E-state index in [1.807, 2.05) is 18.2 Å². The Morgan fingerprint density at radius 1 is 0.969 bits per heavy atom. The molecule has 160 valence electrons. The molecule has 1 aliphatic rings. The van der Waals surface area contributed by atoms with E-state index in [1.54, 1.807) is 0 Å². The Labute approximate surface area is 186 Å². The summed E-state index contributed by atoms with van der Waals surface area (Å²) in [5.41, 5.74) is 6.04. The van der Waals surface area contributed by atoms with Gasteiger partial charge in [0.15, 0.2) is 0 Å². The topological polar surface area (TPSA) is 49.1 Å². The number of hydrogen-bond donors (Lipinski definition) is 0. The highest BCUT2D eigenvalue weighted by Crippen LogP contribution is 2.37. The molecule has 1 fully saturated rings. The molecule has 3 aromatic carbocycles. The van der Waals surface area contributed by atoms with E-state index >= 15 is 0 Å². The molecule has 1 saturated carbocycles. The molecule has 5 heteroatoms. The number of methoxy groups -OCH3 is 1. The standard InChI is InChI=1S/C27H25N3O2/c1-3-29-23-7-5-4-6-20(23)21-14-18(10-12-24(21)29)26-28-22-15-19(27(31)32-2)11-13-25(22)30(26)16-17-8-9-17/h4-7,10-15,17H,3,8-9,16H2,1-2H3. The predicted molar refractivity (Wildman–Crippen MR) is 128 cm³/mol. The number of rotatable bonds is 5. The molecular formula is C27H25N3O2.